The number of ether oxygens (including phenoxy) is 1. The first-order valence-electron chi connectivity index (χ1n) is 8.66. The summed E-state index contributed by atoms with van der Waals surface area (Å²) in [4.78, 5) is 22.8. The minimum atomic E-state index is -0.722. The van der Waals surface area contributed by atoms with Crippen molar-refractivity contribution in [2.45, 2.75) is 0 Å². The fourth-order valence-electron chi connectivity index (χ4n) is 2.80. The van der Waals surface area contributed by atoms with Gasteiger partial charge in [0.05, 0.1) is 23.8 Å². The van der Waals surface area contributed by atoms with E-state index >= 15 is 0 Å². The Morgan fingerprint density at radius 1 is 1.17 bits per heavy atom. The molecule has 9 nitrogen and oxygen atoms in total. The Kier molecular flexibility index (Phi) is 5.79. The molecule has 0 atom stereocenters. The fraction of sp³-hybridized carbons (Fsp3) is 0.0476. The Morgan fingerprint density at radius 2 is 1.90 bits per heavy atom. The molecule has 0 aromatic heterocycles. The molecule has 0 spiro atoms. The number of nitro benzene ring substituents is 1. The van der Waals surface area contributed by atoms with Crippen LogP contribution in [0.15, 0.2) is 66.4 Å². The Labute approximate surface area is 171 Å². The largest absolute Gasteiger partial charge is 0.507 e. The van der Waals surface area contributed by atoms with Crippen LogP contribution in [0.3, 0.4) is 0 Å². The maximum absolute atomic E-state index is 12.5. The zero-order chi connectivity index (χ0) is 21.7. The first-order valence-corrected chi connectivity index (χ1v) is 8.66. The third-order valence-electron chi connectivity index (χ3n) is 4.28. The van der Waals surface area contributed by atoms with Gasteiger partial charge in [-0.3, -0.25) is 14.9 Å². The molecule has 3 rings (SSSR count). The third kappa shape index (κ3) is 4.13. The lowest BCUT2D eigenvalue weighted by Crippen LogP contribution is -2.15. The molecule has 3 aromatic rings. The minimum absolute atomic E-state index is 0.0901. The van der Waals surface area contributed by atoms with Crippen LogP contribution in [0.2, 0.25) is 0 Å². The van der Waals surface area contributed by atoms with E-state index in [-0.39, 0.29) is 28.4 Å². The zero-order valence-corrected chi connectivity index (χ0v) is 15.7. The minimum Gasteiger partial charge on any atom is -0.507 e. The van der Waals surface area contributed by atoms with E-state index < -0.39 is 10.8 Å². The van der Waals surface area contributed by atoms with Gasteiger partial charge in [0.1, 0.15) is 23.1 Å². The number of anilines is 2. The number of methoxy groups -OCH3 is 1. The van der Waals surface area contributed by atoms with Crippen LogP contribution in [-0.4, -0.2) is 23.0 Å². The van der Waals surface area contributed by atoms with Crippen LogP contribution in [0.25, 0.3) is 10.8 Å². The molecule has 3 aromatic carbocycles. The molecule has 0 aliphatic rings. The predicted molar refractivity (Wildman–Crippen MR) is 111 cm³/mol. The molecular formula is C21H16N4O5. The van der Waals surface area contributed by atoms with Gasteiger partial charge in [-0.2, -0.15) is 5.26 Å². The first kappa shape index (κ1) is 20.2. The van der Waals surface area contributed by atoms with Gasteiger partial charge in [0.2, 0.25) is 0 Å². The van der Waals surface area contributed by atoms with Gasteiger partial charge >= 0.3 is 0 Å². The number of nitro groups is 1. The summed E-state index contributed by atoms with van der Waals surface area (Å²) < 4.78 is 5.08. The molecule has 0 radical (unpaired) electrons. The van der Waals surface area contributed by atoms with Crippen molar-refractivity contribution >= 4 is 33.7 Å². The molecule has 9 heteroatoms. The van der Waals surface area contributed by atoms with E-state index in [0.717, 1.165) is 0 Å². The molecule has 0 bridgehead atoms. The summed E-state index contributed by atoms with van der Waals surface area (Å²) in [5, 5.41) is 37.0. The van der Waals surface area contributed by atoms with Crippen LogP contribution in [-0.2, 0) is 4.79 Å². The average molecular weight is 404 g/mol. The van der Waals surface area contributed by atoms with Crippen LogP contribution in [0, 0.1) is 21.4 Å². The number of carbonyl (C=O) groups is 1. The van der Waals surface area contributed by atoms with Crippen LogP contribution >= 0.6 is 0 Å². The summed E-state index contributed by atoms with van der Waals surface area (Å²) >= 11 is 0. The van der Waals surface area contributed by atoms with Gasteiger partial charge in [-0.25, -0.2) is 0 Å². The van der Waals surface area contributed by atoms with Crippen molar-refractivity contribution in [2.24, 2.45) is 0 Å². The molecule has 0 saturated carbocycles. The maximum Gasteiger partial charge on any atom is 0.273 e. The number of non-ortho nitro benzene ring substituents is 1. The molecule has 150 valence electrons. The lowest BCUT2D eigenvalue weighted by Gasteiger charge is -2.10. The number of hydrogen-bond acceptors (Lipinski definition) is 7. The molecule has 3 N–H and O–H groups in total. The number of aromatic hydroxyl groups is 1. The molecule has 30 heavy (non-hydrogen) atoms. The summed E-state index contributed by atoms with van der Waals surface area (Å²) in [5.41, 5.74) is 0.357. The van der Waals surface area contributed by atoms with Gasteiger partial charge in [0, 0.05) is 28.7 Å². The van der Waals surface area contributed by atoms with E-state index in [4.69, 9.17) is 4.74 Å². The molecular weight excluding hydrogens is 388 g/mol. The number of nitriles is 1. The number of amides is 1. The Bertz CT molecular complexity index is 1210. The standard InChI is InChI=1S/C21H16N4O5/c1-30-20-10-14(25(28)29)8-9-18(20)24-21(27)13(11-22)12-23-17-6-2-5-16-15(17)4-3-7-19(16)26/h2-10,12,23,26H,1H3,(H,24,27)/b13-12-. The number of carbonyl (C=O) groups excluding carboxylic acids is 1. The normalized spacial score (nSPS) is 10.9. The summed E-state index contributed by atoms with van der Waals surface area (Å²) in [7, 11) is 1.31. The highest BCUT2D eigenvalue weighted by atomic mass is 16.6. The molecule has 0 unspecified atom stereocenters. The molecule has 0 fully saturated rings. The van der Waals surface area contributed by atoms with Gasteiger partial charge in [-0.05, 0) is 18.2 Å². The highest BCUT2D eigenvalue weighted by Crippen LogP contribution is 2.31. The maximum atomic E-state index is 12.5. The summed E-state index contributed by atoms with van der Waals surface area (Å²) in [5.74, 6) is -0.517. The smallest absolute Gasteiger partial charge is 0.273 e. The van der Waals surface area contributed by atoms with E-state index in [2.05, 4.69) is 10.6 Å². The average Bonchev–Trinajstić information content (AvgIpc) is 2.74. The number of benzene rings is 3. The summed E-state index contributed by atoms with van der Waals surface area (Å²) in [6, 6.07) is 15.8. The Hall–Kier alpha value is -4.58. The van der Waals surface area contributed by atoms with Crippen molar-refractivity contribution < 1.29 is 19.6 Å². The van der Waals surface area contributed by atoms with Crippen LogP contribution in [0.4, 0.5) is 17.1 Å². The Balaban J connectivity index is 1.84. The van der Waals surface area contributed by atoms with Gasteiger partial charge in [-0.15, -0.1) is 0 Å². The predicted octanol–water partition coefficient (Wildman–Crippen LogP) is 3.92. The Morgan fingerprint density at radius 3 is 2.60 bits per heavy atom. The van der Waals surface area contributed by atoms with Crippen molar-refractivity contribution in [1.29, 1.82) is 5.26 Å². The van der Waals surface area contributed by atoms with Crippen molar-refractivity contribution in [3.05, 3.63) is 76.5 Å². The fourth-order valence-corrected chi connectivity index (χ4v) is 2.80. The molecule has 0 aliphatic heterocycles. The highest BCUT2D eigenvalue weighted by Gasteiger charge is 2.16. The van der Waals surface area contributed by atoms with Gasteiger partial charge in [0.25, 0.3) is 11.6 Å². The van der Waals surface area contributed by atoms with E-state index in [1.165, 1.54) is 31.5 Å². The van der Waals surface area contributed by atoms with Gasteiger partial charge in [-0.1, -0.05) is 24.3 Å². The molecule has 0 aliphatic carbocycles. The monoisotopic (exact) mass is 404 g/mol. The molecule has 1 amide bonds. The molecule has 0 saturated heterocycles. The second-order valence-electron chi connectivity index (χ2n) is 6.09. The van der Waals surface area contributed by atoms with Crippen molar-refractivity contribution in [1.82, 2.24) is 0 Å². The van der Waals surface area contributed by atoms with E-state index in [0.29, 0.717) is 16.5 Å². The van der Waals surface area contributed by atoms with Crippen LogP contribution in [0.1, 0.15) is 0 Å². The molecule has 0 heterocycles. The van der Waals surface area contributed by atoms with Crippen molar-refractivity contribution in [3.8, 4) is 17.6 Å². The number of phenolic OH excluding ortho intramolecular Hbond substituents is 1. The number of phenols is 1. The van der Waals surface area contributed by atoms with Crippen molar-refractivity contribution in [3.63, 3.8) is 0 Å². The number of hydrogen-bond donors (Lipinski definition) is 3. The SMILES string of the molecule is COc1cc([N+](=O)[O-])ccc1NC(=O)/C(C#N)=C\Nc1cccc2c(O)cccc12. The number of rotatable bonds is 6. The van der Waals surface area contributed by atoms with E-state index in [1.807, 2.05) is 6.07 Å². The zero-order valence-electron chi connectivity index (χ0n) is 15.7. The lowest BCUT2D eigenvalue weighted by atomic mass is 10.1. The third-order valence-corrected chi connectivity index (χ3v) is 4.28. The van der Waals surface area contributed by atoms with Crippen molar-refractivity contribution in [2.75, 3.05) is 17.7 Å². The second-order valence-corrected chi connectivity index (χ2v) is 6.09. The first-order chi connectivity index (χ1) is 14.4. The quantitative estimate of drug-likeness (QED) is 0.245. The summed E-state index contributed by atoms with van der Waals surface area (Å²) in [6.45, 7) is 0. The van der Waals surface area contributed by atoms with E-state index in [9.17, 15) is 25.3 Å². The lowest BCUT2D eigenvalue weighted by molar-refractivity contribution is -0.384. The van der Waals surface area contributed by atoms with Gasteiger partial charge < -0.3 is 20.5 Å². The van der Waals surface area contributed by atoms with Crippen LogP contribution in [0.5, 0.6) is 11.5 Å². The number of nitrogens with zero attached hydrogens (tertiary/aromatic N) is 2. The number of fused-ring (bicyclic) bond motifs is 1. The van der Waals surface area contributed by atoms with Gasteiger partial charge in [0.15, 0.2) is 0 Å². The number of nitrogens with one attached hydrogen (secondary N) is 2. The topological polar surface area (TPSA) is 138 Å². The second kappa shape index (κ2) is 8.62. The van der Waals surface area contributed by atoms with E-state index in [1.54, 1.807) is 36.4 Å². The summed E-state index contributed by atoms with van der Waals surface area (Å²) in [6.07, 6.45) is 1.24. The highest BCUT2D eigenvalue weighted by molar-refractivity contribution is 6.07. The van der Waals surface area contributed by atoms with Crippen LogP contribution < -0.4 is 15.4 Å².